The first-order chi connectivity index (χ1) is 9.86. The third-order valence-electron chi connectivity index (χ3n) is 3.04. The number of carboxylic acids is 1. The van der Waals surface area contributed by atoms with Crippen LogP contribution in [-0.4, -0.2) is 19.5 Å². The van der Waals surface area contributed by atoms with Gasteiger partial charge in [-0.15, -0.1) is 0 Å². The van der Waals surface area contributed by atoms with Gasteiger partial charge in [0.25, 0.3) is 10.1 Å². The lowest BCUT2D eigenvalue weighted by Crippen LogP contribution is -2.37. The molecule has 0 bridgehead atoms. The summed E-state index contributed by atoms with van der Waals surface area (Å²) in [6.45, 7) is 1.21. The van der Waals surface area contributed by atoms with Crippen LogP contribution in [0.5, 0.6) is 0 Å². The fourth-order valence-corrected chi connectivity index (χ4v) is 3.01. The average molecular weight is 306 g/mol. The van der Waals surface area contributed by atoms with Gasteiger partial charge in [0, 0.05) is 0 Å². The highest BCUT2D eigenvalue weighted by molar-refractivity contribution is 7.86. The van der Waals surface area contributed by atoms with E-state index in [2.05, 4.69) is 0 Å². The summed E-state index contributed by atoms with van der Waals surface area (Å²) in [7, 11) is -4.19. The summed E-state index contributed by atoms with van der Waals surface area (Å²) < 4.78 is 29.5. The second-order valence-corrected chi connectivity index (χ2v) is 6.10. The Morgan fingerprint density at radius 1 is 1.00 bits per heavy atom. The highest BCUT2D eigenvalue weighted by Gasteiger charge is 2.41. The molecule has 0 saturated heterocycles. The van der Waals surface area contributed by atoms with E-state index in [0.29, 0.717) is 0 Å². The van der Waals surface area contributed by atoms with Gasteiger partial charge in [-0.2, -0.15) is 8.42 Å². The number of benzene rings is 2. The molecular weight excluding hydrogens is 292 g/mol. The van der Waals surface area contributed by atoms with Gasteiger partial charge in [0.15, 0.2) is 0 Å². The minimum atomic E-state index is -4.19. The number of hydrogen-bond donors (Lipinski definition) is 1. The molecule has 0 amide bonds. The Balaban J connectivity index is 2.45. The maximum absolute atomic E-state index is 12.2. The van der Waals surface area contributed by atoms with Crippen molar-refractivity contribution in [2.45, 2.75) is 17.4 Å². The Bertz CT molecular complexity index is 725. The molecule has 0 fully saturated rings. The van der Waals surface area contributed by atoms with Crippen molar-refractivity contribution in [2.75, 3.05) is 0 Å². The van der Waals surface area contributed by atoms with Crippen molar-refractivity contribution >= 4 is 16.1 Å². The van der Waals surface area contributed by atoms with Crippen molar-refractivity contribution in [3.8, 4) is 0 Å². The van der Waals surface area contributed by atoms with Crippen LogP contribution in [0.3, 0.4) is 0 Å². The Kier molecular flexibility index (Phi) is 4.11. The van der Waals surface area contributed by atoms with Crippen LogP contribution in [0.2, 0.25) is 0 Å². The maximum atomic E-state index is 12.2. The SMILES string of the molecule is CC(OS(=O)(=O)c1ccccc1)(C(=O)O)c1ccccc1. The second-order valence-electron chi connectivity index (χ2n) is 4.55. The molecule has 2 aromatic rings. The predicted octanol–water partition coefficient (Wildman–Crippen LogP) is 2.39. The van der Waals surface area contributed by atoms with Crippen molar-refractivity contribution in [1.29, 1.82) is 0 Å². The van der Waals surface area contributed by atoms with E-state index >= 15 is 0 Å². The van der Waals surface area contributed by atoms with Gasteiger partial charge in [0.05, 0.1) is 4.90 Å². The molecule has 2 rings (SSSR count). The summed E-state index contributed by atoms with van der Waals surface area (Å²) in [6, 6.07) is 15.4. The molecule has 1 unspecified atom stereocenters. The van der Waals surface area contributed by atoms with Crippen LogP contribution < -0.4 is 0 Å². The molecule has 0 saturated carbocycles. The standard InChI is InChI=1S/C15H14O5S/c1-15(14(16)17,12-8-4-2-5-9-12)20-21(18,19)13-10-6-3-7-11-13/h2-11H,1H3,(H,16,17). The molecule has 0 radical (unpaired) electrons. The van der Waals surface area contributed by atoms with Gasteiger partial charge >= 0.3 is 5.97 Å². The van der Waals surface area contributed by atoms with Crippen molar-refractivity contribution in [1.82, 2.24) is 0 Å². The van der Waals surface area contributed by atoms with Crippen molar-refractivity contribution < 1.29 is 22.5 Å². The molecule has 6 heteroatoms. The molecule has 2 aromatic carbocycles. The van der Waals surface area contributed by atoms with E-state index < -0.39 is 21.7 Å². The van der Waals surface area contributed by atoms with Gasteiger partial charge in [0.1, 0.15) is 0 Å². The summed E-state index contributed by atoms with van der Waals surface area (Å²) in [5.41, 5.74) is -1.74. The van der Waals surface area contributed by atoms with E-state index in [9.17, 15) is 18.3 Å². The first kappa shape index (κ1) is 15.2. The molecule has 0 spiro atoms. The minimum absolute atomic E-state index is 0.0894. The predicted molar refractivity (Wildman–Crippen MR) is 76.1 cm³/mol. The van der Waals surface area contributed by atoms with Crippen molar-refractivity contribution in [3.05, 3.63) is 66.2 Å². The molecule has 1 atom stereocenters. The smallest absolute Gasteiger partial charge is 0.341 e. The van der Waals surface area contributed by atoms with E-state index in [-0.39, 0.29) is 10.5 Å². The quantitative estimate of drug-likeness (QED) is 0.858. The fraction of sp³-hybridized carbons (Fsp3) is 0.133. The summed E-state index contributed by atoms with van der Waals surface area (Å²) in [4.78, 5) is 11.5. The van der Waals surface area contributed by atoms with Gasteiger partial charge in [-0.1, -0.05) is 48.5 Å². The van der Waals surface area contributed by atoms with Crippen LogP contribution in [0.4, 0.5) is 0 Å². The molecular formula is C15H14O5S. The summed E-state index contributed by atoms with van der Waals surface area (Å²) in [5, 5.41) is 9.41. The molecule has 1 N–H and O–H groups in total. The number of rotatable bonds is 5. The van der Waals surface area contributed by atoms with Crippen LogP contribution in [0.1, 0.15) is 12.5 Å². The first-order valence-corrected chi connectivity index (χ1v) is 7.57. The van der Waals surface area contributed by atoms with Gasteiger partial charge in [0.2, 0.25) is 5.60 Å². The van der Waals surface area contributed by atoms with Gasteiger partial charge in [-0.05, 0) is 24.6 Å². The fourth-order valence-electron chi connectivity index (χ4n) is 1.82. The van der Waals surface area contributed by atoms with Crippen LogP contribution >= 0.6 is 0 Å². The largest absolute Gasteiger partial charge is 0.479 e. The number of hydrogen-bond acceptors (Lipinski definition) is 4. The van der Waals surface area contributed by atoms with E-state index in [0.717, 1.165) is 0 Å². The monoisotopic (exact) mass is 306 g/mol. The Hall–Kier alpha value is -2.18. The van der Waals surface area contributed by atoms with Crippen LogP contribution in [0, 0.1) is 0 Å². The normalized spacial score (nSPS) is 14.3. The van der Waals surface area contributed by atoms with Crippen molar-refractivity contribution in [2.24, 2.45) is 0 Å². The molecule has 0 aliphatic heterocycles. The van der Waals surface area contributed by atoms with Crippen molar-refractivity contribution in [3.63, 3.8) is 0 Å². The maximum Gasteiger partial charge on any atom is 0.341 e. The third-order valence-corrected chi connectivity index (χ3v) is 4.44. The zero-order valence-electron chi connectivity index (χ0n) is 11.3. The van der Waals surface area contributed by atoms with Gasteiger partial charge in [-0.25, -0.2) is 8.98 Å². The number of carboxylic acid groups (broad SMARTS) is 1. The Morgan fingerprint density at radius 2 is 1.48 bits per heavy atom. The zero-order valence-corrected chi connectivity index (χ0v) is 12.1. The second kappa shape index (κ2) is 5.67. The highest BCUT2D eigenvalue weighted by atomic mass is 32.2. The number of aliphatic carboxylic acids is 1. The lowest BCUT2D eigenvalue weighted by Gasteiger charge is -2.24. The van der Waals surface area contributed by atoms with E-state index in [1.807, 2.05) is 0 Å². The molecule has 0 aliphatic carbocycles. The first-order valence-electron chi connectivity index (χ1n) is 6.16. The molecule has 21 heavy (non-hydrogen) atoms. The van der Waals surface area contributed by atoms with Crippen LogP contribution in [0.15, 0.2) is 65.6 Å². The topological polar surface area (TPSA) is 80.7 Å². The third kappa shape index (κ3) is 3.12. The lowest BCUT2D eigenvalue weighted by atomic mass is 9.97. The molecule has 0 heterocycles. The Labute approximate surface area is 122 Å². The molecule has 0 aromatic heterocycles. The molecule has 110 valence electrons. The average Bonchev–Trinajstić information content (AvgIpc) is 2.48. The van der Waals surface area contributed by atoms with E-state index in [4.69, 9.17) is 4.18 Å². The minimum Gasteiger partial charge on any atom is -0.479 e. The zero-order chi connectivity index (χ0) is 15.5. The van der Waals surface area contributed by atoms with E-state index in [1.165, 1.54) is 43.3 Å². The van der Waals surface area contributed by atoms with Gasteiger partial charge in [-0.3, -0.25) is 0 Å². The summed E-state index contributed by atoms with van der Waals surface area (Å²) >= 11 is 0. The highest BCUT2D eigenvalue weighted by Crippen LogP contribution is 2.30. The van der Waals surface area contributed by atoms with E-state index in [1.54, 1.807) is 24.3 Å². The summed E-state index contributed by atoms with van der Waals surface area (Å²) in [6.07, 6.45) is 0. The lowest BCUT2D eigenvalue weighted by molar-refractivity contribution is -0.154. The van der Waals surface area contributed by atoms with Crippen LogP contribution in [-0.2, 0) is 24.7 Å². The van der Waals surface area contributed by atoms with Gasteiger partial charge < -0.3 is 5.11 Å². The summed E-state index contributed by atoms with van der Waals surface area (Å²) in [5.74, 6) is -1.38. The Morgan fingerprint density at radius 3 is 1.95 bits per heavy atom. The number of carbonyl (C=O) groups is 1. The molecule has 0 aliphatic rings. The molecule has 5 nitrogen and oxygen atoms in total. The van der Waals surface area contributed by atoms with Crippen LogP contribution in [0.25, 0.3) is 0 Å².